The van der Waals surface area contributed by atoms with Crippen molar-refractivity contribution in [3.8, 4) is 0 Å². The zero-order valence-electron chi connectivity index (χ0n) is 14.4. The van der Waals surface area contributed by atoms with Gasteiger partial charge in [-0.1, -0.05) is 75.6 Å². The van der Waals surface area contributed by atoms with Gasteiger partial charge in [0.1, 0.15) is 0 Å². The largest absolute Gasteiger partial charge is 0.339 e. The van der Waals surface area contributed by atoms with Crippen molar-refractivity contribution in [2.75, 3.05) is 13.1 Å². The molecule has 0 aliphatic carbocycles. The molecule has 0 N–H and O–H groups in total. The number of carbonyl (C=O) groups excluding carboxylic acids is 1. The fourth-order valence-corrected chi connectivity index (χ4v) is 3.10. The third kappa shape index (κ3) is 7.58. The fourth-order valence-electron chi connectivity index (χ4n) is 2.61. The first-order valence-corrected chi connectivity index (χ1v) is 9.60. The van der Waals surface area contributed by atoms with Gasteiger partial charge in [0, 0.05) is 18.1 Å². The summed E-state index contributed by atoms with van der Waals surface area (Å²) >= 11 is 12.1. The van der Waals surface area contributed by atoms with E-state index in [1.54, 1.807) is 18.2 Å². The lowest BCUT2D eigenvalue weighted by atomic mass is 10.1. The van der Waals surface area contributed by atoms with Crippen LogP contribution in [0.2, 0.25) is 10.0 Å². The van der Waals surface area contributed by atoms with E-state index in [0.717, 1.165) is 25.9 Å². The van der Waals surface area contributed by atoms with E-state index in [0.29, 0.717) is 15.6 Å². The van der Waals surface area contributed by atoms with Gasteiger partial charge in [0.05, 0.1) is 10.6 Å². The highest BCUT2D eigenvalue weighted by Crippen LogP contribution is 2.23. The molecule has 2 nitrogen and oxygen atoms in total. The smallest absolute Gasteiger partial charge is 0.255 e. The summed E-state index contributed by atoms with van der Waals surface area (Å²) in [6, 6.07) is 5.10. The first-order valence-electron chi connectivity index (χ1n) is 8.84. The third-order valence-corrected chi connectivity index (χ3v) is 4.56. The standard InChI is InChI=1S/C19H29Cl2NO/c1-3-5-7-9-13-22(14-10-8-6-4-2)19(23)17-12-11-16(20)15-18(17)21/h11-12,15H,3-10,13-14H2,1-2H3. The van der Waals surface area contributed by atoms with E-state index in [1.807, 2.05) is 4.90 Å². The summed E-state index contributed by atoms with van der Waals surface area (Å²) in [7, 11) is 0. The van der Waals surface area contributed by atoms with Gasteiger partial charge in [-0.3, -0.25) is 4.79 Å². The van der Waals surface area contributed by atoms with E-state index >= 15 is 0 Å². The molecule has 1 rings (SSSR count). The minimum absolute atomic E-state index is 0.0275. The molecule has 0 heterocycles. The van der Waals surface area contributed by atoms with Gasteiger partial charge in [0.15, 0.2) is 0 Å². The van der Waals surface area contributed by atoms with Crippen LogP contribution in [0.1, 0.15) is 75.6 Å². The first kappa shape index (κ1) is 20.3. The van der Waals surface area contributed by atoms with Gasteiger partial charge >= 0.3 is 0 Å². The van der Waals surface area contributed by atoms with Crippen LogP contribution in [0.25, 0.3) is 0 Å². The van der Waals surface area contributed by atoms with Gasteiger partial charge in [-0.05, 0) is 31.0 Å². The minimum Gasteiger partial charge on any atom is -0.339 e. The van der Waals surface area contributed by atoms with Gasteiger partial charge in [0.2, 0.25) is 0 Å². The lowest BCUT2D eigenvalue weighted by Gasteiger charge is -2.23. The Bertz CT molecular complexity index is 464. The molecule has 0 unspecified atom stereocenters. The quantitative estimate of drug-likeness (QED) is 0.408. The van der Waals surface area contributed by atoms with Crippen LogP contribution < -0.4 is 0 Å². The van der Waals surface area contributed by atoms with Crippen LogP contribution in [0, 0.1) is 0 Å². The van der Waals surface area contributed by atoms with Crippen LogP contribution in [-0.2, 0) is 0 Å². The number of rotatable bonds is 11. The van der Waals surface area contributed by atoms with Gasteiger partial charge in [-0.2, -0.15) is 0 Å². The van der Waals surface area contributed by atoms with Crippen molar-refractivity contribution < 1.29 is 4.79 Å². The molecule has 0 saturated heterocycles. The summed E-state index contributed by atoms with van der Waals surface area (Å²) in [5, 5.41) is 0.999. The predicted octanol–water partition coefficient (Wildman–Crippen LogP) is 6.60. The fraction of sp³-hybridized carbons (Fsp3) is 0.632. The zero-order valence-corrected chi connectivity index (χ0v) is 15.9. The summed E-state index contributed by atoms with van der Waals surface area (Å²) in [4.78, 5) is 14.8. The maximum atomic E-state index is 12.8. The Hall–Kier alpha value is -0.730. The second-order valence-corrected chi connectivity index (χ2v) is 6.88. The van der Waals surface area contributed by atoms with Gasteiger partial charge in [-0.25, -0.2) is 0 Å². The summed E-state index contributed by atoms with van der Waals surface area (Å²) in [6.45, 7) is 6.01. The Morgan fingerprint density at radius 2 is 1.48 bits per heavy atom. The molecule has 4 heteroatoms. The number of nitrogens with zero attached hydrogens (tertiary/aromatic N) is 1. The molecule has 0 aromatic heterocycles. The van der Waals surface area contributed by atoms with Gasteiger partial charge < -0.3 is 4.90 Å². The van der Waals surface area contributed by atoms with E-state index in [-0.39, 0.29) is 5.91 Å². The number of amides is 1. The molecule has 0 bridgehead atoms. The Balaban J connectivity index is 2.69. The number of hydrogen-bond acceptors (Lipinski definition) is 1. The second-order valence-electron chi connectivity index (χ2n) is 6.04. The average Bonchev–Trinajstić information content (AvgIpc) is 2.53. The first-order chi connectivity index (χ1) is 11.1. The molecule has 0 aliphatic heterocycles. The summed E-state index contributed by atoms with van der Waals surface area (Å²) in [6.07, 6.45) is 9.30. The zero-order chi connectivity index (χ0) is 17.1. The molecule has 0 aliphatic rings. The van der Waals surface area contributed by atoms with Crippen molar-refractivity contribution in [3.63, 3.8) is 0 Å². The summed E-state index contributed by atoms with van der Waals surface area (Å²) in [5.74, 6) is 0.0275. The molecule has 0 saturated carbocycles. The molecule has 0 radical (unpaired) electrons. The van der Waals surface area contributed by atoms with Crippen LogP contribution in [0.3, 0.4) is 0 Å². The topological polar surface area (TPSA) is 20.3 Å². The van der Waals surface area contributed by atoms with E-state index in [4.69, 9.17) is 23.2 Å². The van der Waals surface area contributed by atoms with E-state index in [1.165, 1.54) is 38.5 Å². The highest BCUT2D eigenvalue weighted by molar-refractivity contribution is 6.36. The lowest BCUT2D eigenvalue weighted by Crippen LogP contribution is -2.33. The summed E-state index contributed by atoms with van der Waals surface area (Å²) in [5.41, 5.74) is 0.557. The molecular formula is C19H29Cl2NO. The molecule has 1 aromatic carbocycles. The van der Waals surface area contributed by atoms with E-state index in [2.05, 4.69) is 13.8 Å². The monoisotopic (exact) mass is 357 g/mol. The Labute approximate surface area is 151 Å². The highest BCUT2D eigenvalue weighted by Gasteiger charge is 2.18. The van der Waals surface area contributed by atoms with Crippen molar-refractivity contribution >= 4 is 29.1 Å². The number of hydrogen-bond donors (Lipinski definition) is 0. The molecule has 130 valence electrons. The van der Waals surface area contributed by atoms with Crippen LogP contribution in [0.5, 0.6) is 0 Å². The summed E-state index contributed by atoms with van der Waals surface area (Å²) < 4.78 is 0. The number of halogens is 2. The van der Waals surface area contributed by atoms with Crippen molar-refractivity contribution in [2.24, 2.45) is 0 Å². The van der Waals surface area contributed by atoms with Crippen molar-refractivity contribution in [1.29, 1.82) is 0 Å². The Morgan fingerprint density at radius 1 is 0.913 bits per heavy atom. The van der Waals surface area contributed by atoms with E-state index < -0.39 is 0 Å². The highest BCUT2D eigenvalue weighted by atomic mass is 35.5. The Morgan fingerprint density at radius 3 is 1.96 bits per heavy atom. The second kappa shape index (κ2) is 11.8. The van der Waals surface area contributed by atoms with Crippen LogP contribution in [-0.4, -0.2) is 23.9 Å². The lowest BCUT2D eigenvalue weighted by molar-refractivity contribution is 0.0749. The molecule has 0 fully saturated rings. The maximum Gasteiger partial charge on any atom is 0.255 e. The number of benzene rings is 1. The third-order valence-electron chi connectivity index (χ3n) is 4.01. The number of carbonyl (C=O) groups is 1. The van der Waals surface area contributed by atoms with Crippen LogP contribution in [0.4, 0.5) is 0 Å². The van der Waals surface area contributed by atoms with Crippen LogP contribution >= 0.6 is 23.2 Å². The van der Waals surface area contributed by atoms with Crippen molar-refractivity contribution in [2.45, 2.75) is 65.2 Å². The molecule has 1 amide bonds. The molecule has 0 spiro atoms. The van der Waals surface area contributed by atoms with Gasteiger partial charge in [-0.15, -0.1) is 0 Å². The van der Waals surface area contributed by atoms with E-state index in [9.17, 15) is 4.79 Å². The molecule has 0 atom stereocenters. The number of unbranched alkanes of at least 4 members (excludes halogenated alkanes) is 6. The average molecular weight is 358 g/mol. The van der Waals surface area contributed by atoms with Crippen molar-refractivity contribution in [3.05, 3.63) is 33.8 Å². The minimum atomic E-state index is 0.0275. The molecule has 23 heavy (non-hydrogen) atoms. The Kier molecular flexibility index (Phi) is 10.4. The predicted molar refractivity (Wildman–Crippen MR) is 101 cm³/mol. The maximum absolute atomic E-state index is 12.8. The normalized spacial score (nSPS) is 10.8. The van der Waals surface area contributed by atoms with Gasteiger partial charge in [0.25, 0.3) is 5.91 Å². The molecular weight excluding hydrogens is 329 g/mol. The van der Waals surface area contributed by atoms with Crippen LogP contribution in [0.15, 0.2) is 18.2 Å². The molecule has 1 aromatic rings. The van der Waals surface area contributed by atoms with Crippen molar-refractivity contribution in [1.82, 2.24) is 4.90 Å². The SMILES string of the molecule is CCCCCCN(CCCCCC)C(=O)c1ccc(Cl)cc1Cl.